The Kier molecular flexibility index (Phi) is 4.79. The van der Waals surface area contributed by atoms with Crippen LogP contribution in [0.3, 0.4) is 0 Å². The third-order valence-corrected chi connectivity index (χ3v) is 4.73. The first-order valence-corrected chi connectivity index (χ1v) is 9.60. The van der Waals surface area contributed by atoms with E-state index in [-0.39, 0.29) is 0 Å². The Morgan fingerprint density at radius 2 is 1.12 bits per heavy atom. The van der Waals surface area contributed by atoms with Crippen molar-refractivity contribution in [1.29, 1.82) is 0 Å². The SMILES string of the molecule is Nc1ncnc2c1ncn2CC#Cc1ccccc1C#CCn1cnc2c(N)ncnc21. The van der Waals surface area contributed by atoms with Crippen LogP contribution in [0.1, 0.15) is 11.1 Å². The van der Waals surface area contributed by atoms with Gasteiger partial charge < -0.3 is 20.6 Å². The van der Waals surface area contributed by atoms with Crippen LogP contribution in [0.25, 0.3) is 22.3 Å². The van der Waals surface area contributed by atoms with Gasteiger partial charge in [0.05, 0.1) is 25.7 Å². The van der Waals surface area contributed by atoms with Crippen molar-refractivity contribution in [3.8, 4) is 23.7 Å². The van der Waals surface area contributed by atoms with Gasteiger partial charge in [0, 0.05) is 11.1 Å². The van der Waals surface area contributed by atoms with Crippen LogP contribution in [0, 0.1) is 23.7 Å². The zero-order valence-corrected chi connectivity index (χ0v) is 16.8. The lowest BCUT2D eigenvalue weighted by atomic mass is 10.1. The molecule has 0 unspecified atom stereocenters. The molecule has 4 N–H and O–H groups in total. The van der Waals surface area contributed by atoms with E-state index in [4.69, 9.17) is 11.5 Å². The van der Waals surface area contributed by atoms with Crippen molar-refractivity contribution in [3.05, 3.63) is 60.7 Å². The van der Waals surface area contributed by atoms with Gasteiger partial charge in [-0.15, -0.1) is 0 Å². The summed E-state index contributed by atoms with van der Waals surface area (Å²) in [5.74, 6) is 13.4. The largest absolute Gasteiger partial charge is 0.382 e. The number of anilines is 2. The van der Waals surface area contributed by atoms with Crippen molar-refractivity contribution in [1.82, 2.24) is 39.0 Å². The summed E-state index contributed by atoms with van der Waals surface area (Å²) in [5, 5.41) is 0. The molecule has 0 bridgehead atoms. The lowest BCUT2D eigenvalue weighted by Crippen LogP contribution is -1.98. The average Bonchev–Trinajstić information content (AvgIpc) is 3.41. The van der Waals surface area contributed by atoms with Crippen molar-refractivity contribution in [2.24, 2.45) is 0 Å². The molecule has 4 heterocycles. The van der Waals surface area contributed by atoms with Crippen LogP contribution >= 0.6 is 0 Å². The van der Waals surface area contributed by atoms with Crippen LogP contribution in [-0.2, 0) is 13.1 Å². The van der Waals surface area contributed by atoms with Crippen LogP contribution in [0.5, 0.6) is 0 Å². The second-order valence-electron chi connectivity index (χ2n) is 6.76. The Bertz CT molecular complexity index is 1450. The van der Waals surface area contributed by atoms with Crippen LogP contribution in [0.4, 0.5) is 11.6 Å². The van der Waals surface area contributed by atoms with E-state index in [1.54, 1.807) is 12.7 Å². The predicted octanol–water partition coefficient (Wildman–Crippen LogP) is 1.23. The molecule has 0 aliphatic heterocycles. The summed E-state index contributed by atoms with van der Waals surface area (Å²) in [5.41, 5.74) is 15.8. The molecule has 1 aromatic carbocycles. The maximum absolute atomic E-state index is 5.83. The zero-order valence-electron chi connectivity index (χ0n) is 16.8. The van der Waals surface area contributed by atoms with E-state index in [0.29, 0.717) is 47.1 Å². The molecule has 0 fully saturated rings. The fourth-order valence-corrected chi connectivity index (χ4v) is 3.17. The molecule has 0 aliphatic carbocycles. The van der Waals surface area contributed by atoms with E-state index < -0.39 is 0 Å². The van der Waals surface area contributed by atoms with Crippen LogP contribution in [0.15, 0.2) is 49.6 Å². The molecule has 0 saturated heterocycles. The molecule has 5 aromatic rings. The van der Waals surface area contributed by atoms with Crippen molar-refractivity contribution in [2.75, 3.05) is 11.5 Å². The smallest absolute Gasteiger partial charge is 0.166 e. The van der Waals surface area contributed by atoms with Gasteiger partial charge in [-0.2, -0.15) is 0 Å². The second kappa shape index (κ2) is 8.05. The maximum Gasteiger partial charge on any atom is 0.166 e. The third kappa shape index (κ3) is 3.53. The highest BCUT2D eigenvalue weighted by Gasteiger charge is 2.07. The predicted molar refractivity (Wildman–Crippen MR) is 120 cm³/mol. The van der Waals surface area contributed by atoms with Crippen LogP contribution in [-0.4, -0.2) is 39.0 Å². The lowest BCUT2D eigenvalue weighted by molar-refractivity contribution is 0.855. The molecule has 10 nitrogen and oxygen atoms in total. The van der Waals surface area contributed by atoms with Gasteiger partial charge in [-0.3, -0.25) is 0 Å². The third-order valence-electron chi connectivity index (χ3n) is 4.73. The molecule has 0 atom stereocenters. The fraction of sp³-hybridized carbons (Fsp3) is 0.0909. The highest BCUT2D eigenvalue weighted by Crippen LogP contribution is 2.15. The molecular formula is C22H16N10. The Labute approximate surface area is 182 Å². The first-order chi connectivity index (χ1) is 15.7. The Hall–Kier alpha value is -4.96. The summed E-state index contributed by atoms with van der Waals surface area (Å²) in [4.78, 5) is 24.9. The van der Waals surface area contributed by atoms with Crippen molar-refractivity contribution < 1.29 is 0 Å². The number of hydrogen-bond acceptors (Lipinski definition) is 8. The Morgan fingerprint density at radius 3 is 1.59 bits per heavy atom. The number of nitrogen functional groups attached to an aromatic ring is 2. The van der Waals surface area contributed by atoms with E-state index in [1.165, 1.54) is 12.7 Å². The highest BCUT2D eigenvalue weighted by atomic mass is 15.1. The highest BCUT2D eigenvalue weighted by molar-refractivity contribution is 5.81. The average molecular weight is 420 g/mol. The standard InChI is InChI=1S/C22H16N10/c23-19-17-21(27-11-25-19)31(13-29-17)9-3-7-15-5-1-2-6-16(15)8-4-10-32-14-30-18-20(24)26-12-28-22(18)32/h1-2,5-6,11-14H,9-10H2,(H2,23,25,27)(H2,24,26,28). The molecule has 0 spiro atoms. The Balaban J connectivity index is 1.36. The first-order valence-electron chi connectivity index (χ1n) is 9.60. The van der Waals surface area contributed by atoms with Gasteiger partial charge in [-0.05, 0) is 12.1 Å². The molecule has 32 heavy (non-hydrogen) atoms. The van der Waals surface area contributed by atoms with Crippen LogP contribution in [0.2, 0.25) is 0 Å². The van der Waals surface area contributed by atoms with E-state index in [1.807, 2.05) is 33.4 Å². The Morgan fingerprint density at radius 1 is 0.656 bits per heavy atom. The summed E-state index contributed by atoms with van der Waals surface area (Å²) in [7, 11) is 0. The fourth-order valence-electron chi connectivity index (χ4n) is 3.17. The molecule has 0 saturated carbocycles. The quantitative estimate of drug-likeness (QED) is 0.407. The lowest BCUT2D eigenvalue weighted by Gasteiger charge is -1.99. The monoisotopic (exact) mass is 420 g/mol. The van der Waals surface area contributed by atoms with Gasteiger partial charge in [-0.1, -0.05) is 35.8 Å². The molecular weight excluding hydrogens is 404 g/mol. The summed E-state index contributed by atoms with van der Waals surface area (Å²) < 4.78 is 3.65. The van der Waals surface area contributed by atoms with E-state index in [0.717, 1.165) is 11.1 Å². The van der Waals surface area contributed by atoms with E-state index in [9.17, 15) is 0 Å². The summed E-state index contributed by atoms with van der Waals surface area (Å²) >= 11 is 0. The molecule has 0 amide bonds. The number of aromatic nitrogens is 8. The number of hydrogen-bond donors (Lipinski definition) is 2. The molecule has 10 heteroatoms. The number of benzene rings is 1. The van der Waals surface area contributed by atoms with Gasteiger partial charge >= 0.3 is 0 Å². The van der Waals surface area contributed by atoms with Gasteiger partial charge in [-0.25, -0.2) is 29.9 Å². The van der Waals surface area contributed by atoms with Crippen LogP contribution < -0.4 is 11.5 Å². The minimum atomic E-state index is 0.349. The molecule has 5 rings (SSSR count). The number of rotatable bonds is 2. The van der Waals surface area contributed by atoms with Gasteiger partial charge in [0.25, 0.3) is 0 Å². The summed E-state index contributed by atoms with van der Waals surface area (Å²) in [6.45, 7) is 0.827. The number of nitrogens with two attached hydrogens (primary N) is 2. The normalized spacial score (nSPS) is 10.5. The number of fused-ring (bicyclic) bond motifs is 2. The van der Waals surface area contributed by atoms with Crippen molar-refractivity contribution in [2.45, 2.75) is 13.1 Å². The molecule has 4 aromatic heterocycles. The van der Waals surface area contributed by atoms with Gasteiger partial charge in [0.1, 0.15) is 23.7 Å². The van der Waals surface area contributed by atoms with E-state index >= 15 is 0 Å². The topological polar surface area (TPSA) is 139 Å². The molecule has 154 valence electrons. The minimum absolute atomic E-state index is 0.349. The summed E-state index contributed by atoms with van der Waals surface area (Å²) in [6.07, 6.45) is 6.14. The molecule has 0 radical (unpaired) electrons. The number of nitrogens with zero attached hydrogens (tertiary/aromatic N) is 8. The van der Waals surface area contributed by atoms with Gasteiger partial charge in [0.2, 0.25) is 0 Å². The maximum atomic E-state index is 5.83. The van der Waals surface area contributed by atoms with E-state index in [2.05, 4.69) is 53.6 Å². The second-order valence-corrected chi connectivity index (χ2v) is 6.76. The zero-order chi connectivity index (χ0) is 21.9. The van der Waals surface area contributed by atoms with Gasteiger partial charge in [0.15, 0.2) is 22.9 Å². The van der Waals surface area contributed by atoms with Crippen molar-refractivity contribution in [3.63, 3.8) is 0 Å². The number of imidazole rings is 2. The minimum Gasteiger partial charge on any atom is -0.382 e. The first kappa shape index (κ1) is 19.0. The summed E-state index contributed by atoms with van der Waals surface area (Å²) in [6, 6.07) is 7.73. The molecule has 0 aliphatic rings. The van der Waals surface area contributed by atoms with Crippen molar-refractivity contribution >= 4 is 34.0 Å².